The van der Waals surface area contributed by atoms with Crippen LogP contribution >= 0.6 is 22.9 Å². The molecule has 1 fully saturated rings. The number of carbonyl (C=O) groups is 2. The predicted molar refractivity (Wildman–Crippen MR) is 123 cm³/mol. The fourth-order valence-corrected chi connectivity index (χ4v) is 5.67. The molecule has 0 radical (unpaired) electrons. The van der Waals surface area contributed by atoms with Crippen LogP contribution in [0.2, 0.25) is 4.34 Å². The van der Waals surface area contributed by atoms with Crippen molar-refractivity contribution in [3.63, 3.8) is 0 Å². The minimum absolute atomic E-state index is 0.00665. The molecule has 8 nitrogen and oxygen atoms in total. The first-order chi connectivity index (χ1) is 16.5. The number of anilines is 1. The first-order valence-corrected chi connectivity index (χ1v) is 12.9. The Morgan fingerprint density at radius 2 is 1.86 bits per heavy atom. The number of rotatable bonds is 8. The Balaban J connectivity index is 1.63. The molecule has 0 bridgehead atoms. The number of amides is 1. The summed E-state index contributed by atoms with van der Waals surface area (Å²) in [5.41, 5.74) is 0.198. The number of ether oxygens (including phenoxy) is 2. The normalized spacial score (nSPS) is 14.3. The molecule has 184 valence electrons. The van der Waals surface area contributed by atoms with E-state index < -0.39 is 50.5 Å². The van der Waals surface area contributed by atoms with Crippen LogP contribution in [0.5, 0.6) is 11.6 Å². The second-order valence-electron chi connectivity index (χ2n) is 7.57. The van der Waals surface area contributed by atoms with Gasteiger partial charge in [0.05, 0.1) is 10.1 Å². The molecule has 0 saturated heterocycles. The van der Waals surface area contributed by atoms with Gasteiger partial charge in [-0.1, -0.05) is 35.1 Å². The molecule has 4 rings (SSSR count). The number of esters is 1. The summed E-state index contributed by atoms with van der Waals surface area (Å²) in [6.07, 6.45) is -0.297. The number of carbonyl (C=O) groups excluding carboxylic acids is 2. The summed E-state index contributed by atoms with van der Waals surface area (Å²) >= 11 is 6.79. The van der Waals surface area contributed by atoms with Gasteiger partial charge in [0.2, 0.25) is 6.10 Å². The molecule has 1 atom stereocenters. The minimum Gasteiger partial charge on any atom is -0.473 e. The van der Waals surface area contributed by atoms with E-state index in [2.05, 4.69) is 10.3 Å². The van der Waals surface area contributed by atoms with Crippen molar-refractivity contribution in [2.24, 2.45) is 0 Å². The number of hydrogen-bond acceptors (Lipinski definition) is 8. The molecule has 0 aliphatic heterocycles. The molecule has 1 N–H and O–H groups in total. The highest BCUT2D eigenvalue weighted by atomic mass is 35.5. The fraction of sp³-hybridized carbons (Fsp3) is 0.227. The molecule has 35 heavy (non-hydrogen) atoms. The van der Waals surface area contributed by atoms with Gasteiger partial charge in [-0.25, -0.2) is 17.2 Å². The molecule has 3 aromatic rings. The van der Waals surface area contributed by atoms with Crippen molar-refractivity contribution in [1.29, 1.82) is 0 Å². The Hall–Kier alpha value is -3.09. The van der Waals surface area contributed by atoms with Gasteiger partial charge in [-0.2, -0.15) is 4.98 Å². The fourth-order valence-electron chi connectivity index (χ4n) is 3.08. The van der Waals surface area contributed by atoms with E-state index in [0.29, 0.717) is 18.9 Å². The lowest BCUT2D eigenvalue weighted by Gasteiger charge is -2.19. The van der Waals surface area contributed by atoms with E-state index in [9.17, 15) is 26.8 Å². The Morgan fingerprint density at radius 1 is 1.17 bits per heavy atom. The largest absolute Gasteiger partial charge is 0.473 e. The maximum atomic E-state index is 14.3. The van der Waals surface area contributed by atoms with Gasteiger partial charge in [-0.3, -0.25) is 14.9 Å². The second-order valence-corrected chi connectivity index (χ2v) is 11.4. The molecular weight excluding hydrogens is 526 g/mol. The van der Waals surface area contributed by atoms with Crippen LogP contribution in [0.1, 0.15) is 31.4 Å². The summed E-state index contributed by atoms with van der Waals surface area (Å²) < 4.78 is 63.0. The van der Waals surface area contributed by atoms with Crippen molar-refractivity contribution < 1.29 is 36.3 Å². The lowest BCUT2D eigenvalue weighted by Crippen LogP contribution is -2.26. The zero-order chi connectivity index (χ0) is 25.3. The van der Waals surface area contributed by atoms with E-state index in [-0.39, 0.29) is 25.8 Å². The molecule has 1 unspecified atom stereocenters. The Morgan fingerprint density at radius 3 is 2.46 bits per heavy atom. The van der Waals surface area contributed by atoms with Crippen molar-refractivity contribution in [3.05, 3.63) is 64.0 Å². The van der Waals surface area contributed by atoms with Crippen molar-refractivity contribution in [1.82, 2.24) is 4.98 Å². The Bertz CT molecular complexity index is 1390. The van der Waals surface area contributed by atoms with Gasteiger partial charge >= 0.3 is 5.97 Å². The van der Waals surface area contributed by atoms with E-state index in [1.165, 1.54) is 24.3 Å². The minimum atomic E-state index is -3.47. The van der Waals surface area contributed by atoms with E-state index in [0.717, 1.165) is 30.4 Å². The highest BCUT2D eigenvalue weighted by molar-refractivity contribution is 7.92. The molecule has 13 heteroatoms. The van der Waals surface area contributed by atoms with Crippen LogP contribution in [0.25, 0.3) is 0 Å². The van der Waals surface area contributed by atoms with Gasteiger partial charge < -0.3 is 9.47 Å². The van der Waals surface area contributed by atoms with Crippen molar-refractivity contribution >= 4 is 49.8 Å². The highest BCUT2D eigenvalue weighted by Crippen LogP contribution is 2.36. The molecule has 1 aliphatic carbocycles. The van der Waals surface area contributed by atoms with Gasteiger partial charge in [-0.05, 0) is 37.1 Å². The standard InChI is InChI=1S/C22H17ClF2N2O6S2/c1-11(28)32-21-19(23)34-22(27-21)26-20(29)18(33-17-9-4-13(24)10-16(17)25)12-2-5-14(6-3-12)35(30,31)15-7-8-15/h2-6,9-10,15,18H,7-8H2,1H3,(H,26,27,29). The van der Waals surface area contributed by atoms with Gasteiger partial charge in [0.1, 0.15) is 5.82 Å². The van der Waals surface area contributed by atoms with Gasteiger partial charge in [0.15, 0.2) is 30.9 Å². The van der Waals surface area contributed by atoms with Crippen molar-refractivity contribution in [3.8, 4) is 11.6 Å². The molecule has 0 spiro atoms. The summed E-state index contributed by atoms with van der Waals surface area (Å²) in [7, 11) is -3.47. The van der Waals surface area contributed by atoms with Crippen LogP contribution in [0.15, 0.2) is 47.4 Å². The highest BCUT2D eigenvalue weighted by Gasteiger charge is 2.37. The zero-order valence-corrected chi connectivity index (χ0v) is 20.3. The third kappa shape index (κ3) is 5.77. The molecular formula is C22H17ClF2N2O6S2. The molecule has 1 saturated carbocycles. The summed E-state index contributed by atoms with van der Waals surface area (Å²) in [6, 6.07) is 8.02. The van der Waals surface area contributed by atoms with Crippen LogP contribution in [-0.4, -0.2) is 30.5 Å². The number of hydrogen-bond donors (Lipinski definition) is 1. The number of nitrogens with zero attached hydrogens (tertiary/aromatic N) is 1. The molecule has 1 aliphatic rings. The lowest BCUT2D eigenvalue weighted by molar-refractivity contribution is -0.132. The Kier molecular flexibility index (Phi) is 7.06. The van der Waals surface area contributed by atoms with Gasteiger partial charge in [0.25, 0.3) is 11.8 Å². The monoisotopic (exact) mass is 542 g/mol. The maximum absolute atomic E-state index is 14.3. The third-order valence-corrected chi connectivity index (χ3v) is 8.29. The molecule has 1 aromatic heterocycles. The van der Waals surface area contributed by atoms with Crippen molar-refractivity contribution in [2.75, 3.05) is 5.32 Å². The summed E-state index contributed by atoms with van der Waals surface area (Å²) in [5, 5.41) is 2.00. The van der Waals surface area contributed by atoms with E-state index in [1.54, 1.807) is 0 Å². The average Bonchev–Trinajstić information content (AvgIpc) is 3.59. The van der Waals surface area contributed by atoms with Gasteiger partial charge in [0, 0.05) is 18.6 Å². The molecule has 2 aromatic carbocycles. The summed E-state index contributed by atoms with van der Waals surface area (Å²) in [4.78, 5) is 28.3. The number of thiazole rings is 1. The SMILES string of the molecule is CC(=O)Oc1nc(NC(=O)C(Oc2ccc(F)cc2F)c2ccc(S(=O)(=O)C3CC3)cc2)sc1Cl. The van der Waals surface area contributed by atoms with E-state index >= 15 is 0 Å². The zero-order valence-electron chi connectivity index (χ0n) is 18.0. The number of aromatic nitrogens is 1. The third-order valence-electron chi connectivity index (χ3n) is 4.88. The number of sulfone groups is 1. The number of benzene rings is 2. The summed E-state index contributed by atoms with van der Waals surface area (Å²) in [6.45, 7) is 1.15. The molecule has 1 heterocycles. The number of halogens is 3. The van der Waals surface area contributed by atoms with E-state index in [4.69, 9.17) is 21.1 Å². The van der Waals surface area contributed by atoms with Gasteiger partial charge in [-0.15, -0.1) is 0 Å². The Labute approximate surface area is 207 Å². The average molecular weight is 543 g/mol. The second kappa shape index (κ2) is 9.88. The van der Waals surface area contributed by atoms with Crippen molar-refractivity contribution in [2.45, 2.75) is 36.0 Å². The van der Waals surface area contributed by atoms with Crippen LogP contribution in [0.4, 0.5) is 13.9 Å². The first-order valence-electron chi connectivity index (χ1n) is 10.2. The summed E-state index contributed by atoms with van der Waals surface area (Å²) in [5.74, 6) is -3.95. The van der Waals surface area contributed by atoms with Crippen LogP contribution in [0.3, 0.4) is 0 Å². The quantitative estimate of drug-likeness (QED) is 0.411. The maximum Gasteiger partial charge on any atom is 0.309 e. The van der Waals surface area contributed by atoms with Crippen LogP contribution in [-0.2, 0) is 19.4 Å². The van der Waals surface area contributed by atoms with E-state index in [1.807, 2.05) is 0 Å². The molecule has 1 amide bonds. The smallest absolute Gasteiger partial charge is 0.309 e. The topological polar surface area (TPSA) is 112 Å². The predicted octanol–water partition coefficient (Wildman–Crippen LogP) is 4.69. The van der Waals surface area contributed by atoms with Crippen LogP contribution in [0, 0.1) is 11.6 Å². The lowest BCUT2D eigenvalue weighted by atomic mass is 10.1. The number of nitrogens with one attached hydrogen (secondary N) is 1. The first kappa shape index (κ1) is 25.0. The van der Waals surface area contributed by atoms with Crippen LogP contribution < -0.4 is 14.8 Å².